The fourth-order valence-corrected chi connectivity index (χ4v) is 7.91. The van der Waals surface area contributed by atoms with Gasteiger partial charge in [-0.1, -0.05) is 140 Å². The van der Waals surface area contributed by atoms with Crippen LogP contribution in [0.2, 0.25) is 0 Å². The molecular formula is C49H34N4. The molecule has 0 unspecified atom stereocenters. The molecule has 250 valence electrons. The molecule has 0 N–H and O–H groups in total. The molecule has 8 aromatic carbocycles. The minimum absolute atomic E-state index is 0.617. The Balaban J connectivity index is 1.24. The van der Waals surface area contributed by atoms with Gasteiger partial charge in [0.15, 0.2) is 0 Å². The summed E-state index contributed by atoms with van der Waals surface area (Å²) in [4.78, 5) is 10.4. The van der Waals surface area contributed by atoms with Crippen molar-refractivity contribution >= 4 is 82.9 Å². The molecule has 0 fully saturated rings. The Hall–Kier alpha value is -7.04. The van der Waals surface area contributed by atoms with E-state index in [0.717, 1.165) is 50.0 Å². The van der Waals surface area contributed by atoms with E-state index >= 15 is 0 Å². The molecule has 0 atom stereocenters. The summed E-state index contributed by atoms with van der Waals surface area (Å²) < 4.78 is 4.63. The summed E-state index contributed by atoms with van der Waals surface area (Å²) in [6.45, 7) is 0. The minimum atomic E-state index is 0.617. The van der Waals surface area contributed by atoms with Crippen LogP contribution in [0.4, 0.5) is 0 Å². The van der Waals surface area contributed by atoms with Crippen LogP contribution < -0.4 is 0 Å². The Morgan fingerprint density at radius 1 is 0.509 bits per heavy atom. The van der Waals surface area contributed by atoms with Crippen LogP contribution in [0.3, 0.4) is 0 Å². The fraction of sp³-hybridized carbons (Fsp3) is 0.0204. The molecule has 0 saturated heterocycles. The first-order valence-electron chi connectivity index (χ1n) is 18.0. The van der Waals surface area contributed by atoms with Crippen molar-refractivity contribution < 1.29 is 0 Å². The summed E-state index contributed by atoms with van der Waals surface area (Å²) in [5.74, 6) is 0.617. The van der Waals surface area contributed by atoms with E-state index in [1.165, 1.54) is 37.7 Å². The molecule has 0 aliphatic heterocycles. The maximum absolute atomic E-state index is 5.48. The number of para-hydroxylation sites is 3. The highest BCUT2D eigenvalue weighted by atomic mass is 15.2. The molecule has 0 amide bonds. The van der Waals surface area contributed by atoms with Crippen molar-refractivity contribution in [2.24, 2.45) is 9.98 Å². The standard InChI is InChI=1S/C49H34N4/c1-50-49(51-43(38-27-26-35-14-6-8-16-37(35)32-38)29-24-33-23-25-34-13-5-7-15-36(34)31-33)53-44-21-11-9-19-40(44)41-28-30-46-47(48(41)53)42-20-10-12-22-45(42)52(46)39-17-3-2-4-18-39/h2-32H,1H3/b29-24+,50-49+,51-43+. The van der Waals surface area contributed by atoms with Crippen LogP contribution >= 0.6 is 0 Å². The molecule has 10 rings (SSSR count). The number of aliphatic imine (C=N–C) groups is 2. The van der Waals surface area contributed by atoms with Crippen molar-refractivity contribution in [1.82, 2.24) is 9.13 Å². The van der Waals surface area contributed by atoms with E-state index in [4.69, 9.17) is 9.98 Å². The molecule has 4 nitrogen and oxygen atoms in total. The van der Waals surface area contributed by atoms with Gasteiger partial charge in [-0.15, -0.1) is 0 Å². The first kappa shape index (κ1) is 30.8. The second-order valence-electron chi connectivity index (χ2n) is 13.4. The third-order valence-electron chi connectivity index (χ3n) is 10.4. The zero-order valence-corrected chi connectivity index (χ0v) is 29.2. The number of benzene rings is 8. The molecule has 0 aliphatic rings. The number of fused-ring (bicyclic) bond motifs is 9. The average molecular weight is 679 g/mol. The lowest BCUT2D eigenvalue weighted by molar-refractivity contribution is 1.18. The number of nitrogens with zero attached hydrogens (tertiary/aromatic N) is 4. The van der Waals surface area contributed by atoms with E-state index in [9.17, 15) is 0 Å². The largest absolute Gasteiger partial charge is 0.309 e. The third kappa shape index (κ3) is 5.15. The van der Waals surface area contributed by atoms with Gasteiger partial charge in [0.25, 0.3) is 0 Å². The second-order valence-corrected chi connectivity index (χ2v) is 13.4. The summed E-state index contributed by atoms with van der Waals surface area (Å²) >= 11 is 0. The smallest absolute Gasteiger partial charge is 0.230 e. The van der Waals surface area contributed by atoms with Crippen LogP contribution in [-0.4, -0.2) is 27.9 Å². The normalized spacial score (nSPS) is 12.8. The maximum atomic E-state index is 5.48. The molecule has 10 aromatic rings. The van der Waals surface area contributed by atoms with Crippen molar-refractivity contribution in [2.75, 3.05) is 7.05 Å². The molecule has 0 radical (unpaired) electrons. The lowest BCUT2D eigenvalue weighted by atomic mass is 10.0. The molecule has 0 bridgehead atoms. The summed E-state index contributed by atoms with van der Waals surface area (Å²) in [7, 11) is 1.85. The number of hydrogen-bond acceptors (Lipinski definition) is 1. The third-order valence-corrected chi connectivity index (χ3v) is 10.4. The number of aromatic nitrogens is 2. The van der Waals surface area contributed by atoms with E-state index in [1.807, 2.05) is 7.05 Å². The van der Waals surface area contributed by atoms with Crippen LogP contribution in [-0.2, 0) is 0 Å². The number of allylic oxidation sites excluding steroid dienone is 1. The fourth-order valence-electron chi connectivity index (χ4n) is 7.91. The quantitative estimate of drug-likeness (QED) is 0.131. The Kier molecular flexibility index (Phi) is 7.33. The maximum Gasteiger partial charge on any atom is 0.230 e. The van der Waals surface area contributed by atoms with Gasteiger partial charge in [-0.2, -0.15) is 0 Å². The SMILES string of the molecule is C\N=C(/N=C(\C=C\c1ccc2ccccc2c1)c1ccc2ccccc2c1)n1c2ccccc2c2ccc3c(c4ccccc4n3-c3ccccc3)c21. The highest BCUT2D eigenvalue weighted by Crippen LogP contribution is 2.40. The van der Waals surface area contributed by atoms with Gasteiger partial charge < -0.3 is 4.57 Å². The zero-order chi connectivity index (χ0) is 35.3. The van der Waals surface area contributed by atoms with E-state index in [1.54, 1.807) is 0 Å². The molecule has 53 heavy (non-hydrogen) atoms. The van der Waals surface area contributed by atoms with Crippen LogP contribution in [0.5, 0.6) is 0 Å². The van der Waals surface area contributed by atoms with Gasteiger partial charge in [-0.05, 0) is 75.6 Å². The highest BCUT2D eigenvalue weighted by Gasteiger charge is 2.22. The van der Waals surface area contributed by atoms with Gasteiger partial charge in [0.05, 0.1) is 27.8 Å². The molecule has 0 saturated carbocycles. The topological polar surface area (TPSA) is 34.6 Å². The Labute approximate surface area is 306 Å². The van der Waals surface area contributed by atoms with Crippen molar-refractivity contribution in [3.05, 3.63) is 193 Å². The summed E-state index contributed by atoms with van der Waals surface area (Å²) in [6.07, 6.45) is 4.29. The molecule has 2 heterocycles. The Bertz CT molecular complexity index is 3120. The minimum Gasteiger partial charge on any atom is -0.309 e. The van der Waals surface area contributed by atoms with Gasteiger partial charge in [-0.3, -0.25) is 9.56 Å². The molecule has 0 spiro atoms. The van der Waals surface area contributed by atoms with Gasteiger partial charge in [-0.25, -0.2) is 4.99 Å². The van der Waals surface area contributed by atoms with E-state index in [2.05, 4.69) is 197 Å². The van der Waals surface area contributed by atoms with Crippen molar-refractivity contribution in [3.63, 3.8) is 0 Å². The average Bonchev–Trinajstić information content (AvgIpc) is 3.74. The van der Waals surface area contributed by atoms with Gasteiger partial charge in [0, 0.05) is 39.8 Å². The van der Waals surface area contributed by atoms with E-state index in [-0.39, 0.29) is 0 Å². The van der Waals surface area contributed by atoms with Crippen molar-refractivity contribution in [1.29, 1.82) is 0 Å². The lowest BCUT2D eigenvalue weighted by Crippen LogP contribution is -2.12. The molecule has 4 heteroatoms. The molecule has 2 aromatic heterocycles. The Morgan fingerprint density at radius 2 is 1.15 bits per heavy atom. The van der Waals surface area contributed by atoms with Gasteiger partial charge >= 0.3 is 0 Å². The molecule has 0 aliphatic carbocycles. The first-order chi connectivity index (χ1) is 26.2. The van der Waals surface area contributed by atoms with Crippen molar-refractivity contribution in [2.45, 2.75) is 0 Å². The first-order valence-corrected chi connectivity index (χ1v) is 18.0. The monoisotopic (exact) mass is 678 g/mol. The summed E-state index contributed by atoms with van der Waals surface area (Å²) in [6, 6.07) is 62.5. The predicted octanol–water partition coefficient (Wildman–Crippen LogP) is 12.2. The van der Waals surface area contributed by atoms with Crippen LogP contribution in [0.1, 0.15) is 11.1 Å². The van der Waals surface area contributed by atoms with Crippen molar-refractivity contribution in [3.8, 4) is 5.69 Å². The van der Waals surface area contributed by atoms with Gasteiger partial charge in [0.1, 0.15) is 0 Å². The number of hydrogen-bond donors (Lipinski definition) is 0. The summed E-state index contributed by atoms with van der Waals surface area (Å²) in [5, 5.41) is 9.48. The van der Waals surface area contributed by atoms with Crippen LogP contribution in [0.15, 0.2) is 192 Å². The zero-order valence-electron chi connectivity index (χ0n) is 29.2. The van der Waals surface area contributed by atoms with E-state index < -0.39 is 0 Å². The Morgan fingerprint density at radius 3 is 1.92 bits per heavy atom. The summed E-state index contributed by atoms with van der Waals surface area (Å²) in [5.41, 5.74) is 8.54. The van der Waals surface area contributed by atoms with Crippen LogP contribution in [0, 0.1) is 0 Å². The lowest BCUT2D eigenvalue weighted by Gasteiger charge is -2.11. The predicted molar refractivity (Wildman–Crippen MR) is 226 cm³/mol. The number of rotatable bonds is 4. The highest BCUT2D eigenvalue weighted by molar-refractivity contribution is 6.29. The second kappa shape index (κ2) is 12.6. The van der Waals surface area contributed by atoms with E-state index in [0.29, 0.717) is 5.96 Å². The molecular weight excluding hydrogens is 645 g/mol. The van der Waals surface area contributed by atoms with Crippen LogP contribution in [0.25, 0.3) is 76.9 Å². The van der Waals surface area contributed by atoms with Gasteiger partial charge in [0.2, 0.25) is 5.96 Å².